The predicted molar refractivity (Wildman–Crippen MR) is 121 cm³/mol. The molecule has 1 aromatic carbocycles. The van der Waals surface area contributed by atoms with Gasteiger partial charge >= 0.3 is 0 Å². The molecular weight excluding hydrogens is 382 g/mol. The molecule has 0 aliphatic carbocycles. The minimum absolute atomic E-state index is 0.0342. The summed E-state index contributed by atoms with van der Waals surface area (Å²) >= 11 is 1.60. The molecule has 0 radical (unpaired) electrons. The van der Waals surface area contributed by atoms with E-state index in [-0.39, 0.29) is 5.91 Å². The van der Waals surface area contributed by atoms with E-state index < -0.39 is 0 Å². The van der Waals surface area contributed by atoms with Gasteiger partial charge in [-0.3, -0.25) is 14.4 Å². The molecule has 156 valence electrons. The number of aromatic nitrogens is 3. The van der Waals surface area contributed by atoms with Crippen LogP contribution in [0.2, 0.25) is 0 Å². The number of thiazole rings is 1. The van der Waals surface area contributed by atoms with Crippen molar-refractivity contribution in [2.45, 2.75) is 48.1 Å². The van der Waals surface area contributed by atoms with Crippen LogP contribution in [0.15, 0.2) is 18.2 Å². The molecule has 0 aliphatic heterocycles. The largest absolute Gasteiger partial charge is 0.302 e. The molecule has 2 aromatic heterocycles. The summed E-state index contributed by atoms with van der Waals surface area (Å²) in [5.41, 5.74) is 4.83. The Hall–Kier alpha value is -2.25. The van der Waals surface area contributed by atoms with Crippen molar-refractivity contribution in [2.24, 2.45) is 0 Å². The summed E-state index contributed by atoms with van der Waals surface area (Å²) in [5.74, 6) is -0.0342. The highest BCUT2D eigenvalue weighted by Crippen LogP contribution is 2.32. The Kier molecular flexibility index (Phi) is 6.70. The van der Waals surface area contributed by atoms with Gasteiger partial charge < -0.3 is 4.90 Å². The van der Waals surface area contributed by atoms with Gasteiger partial charge in [-0.2, -0.15) is 5.10 Å². The number of hydrogen-bond acceptors (Lipinski definition) is 5. The van der Waals surface area contributed by atoms with Crippen molar-refractivity contribution in [3.8, 4) is 0 Å². The van der Waals surface area contributed by atoms with Crippen molar-refractivity contribution in [3.05, 3.63) is 40.7 Å². The van der Waals surface area contributed by atoms with Crippen LogP contribution in [0.25, 0.3) is 10.2 Å². The molecule has 0 saturated heterocycles. The average molecular weight is 414 g/mol. The van der Waals surface area contributed by atoms with Crippen LogP contribution in [0.1, 0.15) is 48.1 Å². The zero-order valence-corrected chi connectivity index (χ0v) is 19.1. The molecule has 0 N–H and O–H groups in total. The van der Waals surface area contributed by atoms with E-state index in [1.807, 2.05) is 24.8 Å². The van der Waals surface area contributed by atoms with Crippen molar-refractivity contribution < 1.29 is 4.79 Å². The van der Waals surface area contributed by atoms with Crippen LogP contribution in [0.5, 0.6) is 0 Å². The normalized spacial score (nSPS) is 11.6. The number of anilines is 1. The van der Waals surface area contributed by atoms with Gasteiger partial charge in [-0.25, -0.2) is 4.98 Å². The maximum absolute atomic E-state index is 13.6. The number of amides is 1. The smallest absolute Gasteiger partial charge is 0.278 e. The van der Waals surface area contributed by atoms with Gasteiger partial charge in [0.1, 0.15) is 5.69 Å². The predicted octanol–water partition coefficient (Wildman–Crippen LogP) is 4.43. The van der Waals surface area contributed by atoms with Crippen LogP contribution in [-0.2, 0) is 6.54 Å². The van der Waals surface area contributed by atoms with Gasteiger partial charge in [0.2, 0.25) is 0 Å². The zero-order valence-electron chi connectivity index (χ0n) is 18.3. The Labute approximate surface area is 177 Å². The lowest BCUT2D eigenvalue weighted by molar-refractivity contribution is 0.0973. The number of likely N-dealkylation sites (N-methyl/N-ethyl adjacent to an activating group) is 1. The molecule has 0 bridgehead atoms. The second-order valence-corrected chi connectivity index (χ2v) is 8.37. The summed E-state index contributed by atoms with van der Waals surface area (Å²) in [6.45, 7) is 16.4. The van der Waals surface area contributed by atoms with E-state index in [0.29, 0.717) is 18.8 Å². The molecule has 7 heteroatoms. The van der Waals surface area contributed by atoms with E-state index in [4.69, 9.17) is 4.98 Å². The first-order chi connectivity index (χ1) is 13.9. The van der Waals surface area contributed by atoms with Crippen molar-refractivity contribution in [3.63, 3.8) is 0 Å². The topological polar surface area (TPSA) is 54.3 Å². The molecular formula is C22H31N5OS. The van der Waals surface area contributed by atoms with Gasteiger partial charge in [-0.1, -0.05) is 31.3 Å². The molecule has 2 heterocycles. The molecule has 0 unspecified atom stereocenters. The molecule has 0 spiro atoms. The van der Waals surface area contributed by atoms with E-state index in [2.05, 4.69) is 49.8 Å². The second kappa shape index (κ2) is 9.05. The highest BCUT2D eigenvalue weighted by Gasteiger charge is 2.25. The number of hydrogen-bond donors (Lipinski definition) is 0. The van der Waals surface area contributed by atoms with E-state index >= 15 is 0 Å². The number of rotatable bonds is 8. The molecule has 0 aliphatic rings. The van der Waals surface area contributed by atoms with Gasteiger partial charge in [0.25, 0.3) is 5.91 Å². The third kappa shape index (κ3) is 4.51. The van der Waals surface area contributed by atoms with E-state index in [1.165, 1.54) is 11.1 Å². The lowest BCUT2D eigenvalue weighted by Gasteiger charge is -2.24. The molecule has 1 amide bonds. The highest BCUT2D eigenvalue weighted by atomic mass is 32.1. The number of aryl methyl sites for hydroxylation is 4. The van der Waals surface area contributed by atoms with Crippen molar-refractivity contribution in [1.29, 1.82) is 0 Å². The highest BCUT2D eigenvalue weighted by molar-refractivity contribution is 7.22. The molecule has 0 atom stereocenters. The van der Waals surface area contributed by atoms with Gasteiger partial charge in [-0.15, -0.1) is 0 Å². The first-order valence-electron chi connectivity index (χ1n) is 10.3. The van der Waals surface area contributed by atoms with Crippen LogP contribution in [0.4, 0.5) is 5.13 Å². The summed E-state index contributed by atoms with van der Waals surface area (Å²) in [6, 6.07) is 6.14. The van der Waals surface area contributed by atoms with Crippen molar-refractivity contribution >= 4 is 32.6 Å². The molecule has 6 nitrogen and oxygen atoms in total. The first kappa shape index (κ1) is 21.5. The van der Waals surface area contributed by atoms with Crippen LogP contribution >= 0.6 is 11.3 Å². The van der Waals surface area contributed by atoms with Crippen molar-refractivity contribution in [1.82, 2.24) is 19.7 Å². The van der Waals surface area contributed by atoms with Gasteiger partial charge in [0.15, 0.2) is 5.13 Å². The number of benzene rings is 1. The lowest BCUT2D eigenvalue weighted by Crippen LogP contribution is -2.39. The van der Waals surface area contributed by atoms with Gasteiger partial charge in [0, 0.05) is 19.6 Å². The first-order valence-corrected chi connectivity index (χ1v) is 11.2. The van der Waals surface area contributed by atoms with Crippen LogP contribution in [-0.4, -0.2) is 51.8 Å². The van der Waals surface area contributed by atoms with Crippen LogP contribution in [0.3, 0.4) is 0 Å². The summed E-state index contributed by atoms with van der Waals surface area (Å²) < 4.78 is 2.93. The molecule has 0 saturated carbocycles. The van der Waals surface area contributed by atoms with E-state index in [0.717, 1.165) is 40.7 Å². The number of carbonyl (C=O) groups excluding carboxylic acids is 1. The minimum atomic E-state index is -0.0342. The minimum Gasteiger partial charge on any atom is -0.302 e. The number of fused-ring (bicyclic) bond motifs is 1. The fourth-order valence-electron chi connectivity index (χ4n) is 3.64. The summed E-state index contributed by atoms with van der Waals surface area (Å²) in [6.07, 6.45) is 0. The third-order valence-electron chi connectivity index (χ3n) is 5.24. The average Bonchev–Trinajstić information content (AvgIpc) is 3.28. The van der Waals surface area contributed by atoms with Crippen LogP contribution in [0, 0.1) is 20.8 Å². The summed E-state index contributed by atoms with van der Waals surface area (Å²) in [5, 5.41) is 5.22. The lowest BCUT2D eigenvalue weighted by atomic mass is 10.1. The Bertz CT molecular complexity index is 1000. The maximum atomic E-state index is 13.6. The monoisotopic (exact) mass is 413 g/mol. The van der Waals surface area contributed by atoms with Gasteiger partial charge in [0.05, 0.1) is 15.9 Å². The quantitative estimate of drug-likeness (QED) is 0.548. The number of nitrogens with zero attached hydrogens (tertiary/aromatic N) is 5. The number of carbonyl (C=O) groups is 1. The Morgan fingerprint density at radius 1 is 1.07 bits per heavy atom. The Morgan fingerprint density at radius 2 is 1.79 bits per heavy atom. The SMILES string of the molecule is CCN(CC)CCN(C(=O)c1cc(C)nn1CC)c1nc2cc(C)cc(C)c2s1. The van der Waals surface area contributed by atoms with E-state index in [1.54, 1.807) is 16.0 Å². The van der Waals surface area contributed by atoms with Crippen molar-refractivity contribution in [2.75, 3.05) is 31.1 Å². The maximum Gasteiger partial charge on any atom is 0.278 e. The Balaban J connectivity index is 2.03. The molecule has 3 aromatic rings. The summed E-state index contributed by atoms with van der Waals surface area (Å²) in [4.78, 5) is 22.6. The Morgan fingerprint density at radius 3 is 2.45 bits per heavy atom. The molecule has 3 rings (SSSR count). The summed E-state index contributed by atoms with van der Waals surface area (Å²) in [7, 11) is 0. The third-order valence-corrected chi connectivity index (χ3v) is 6.47. The fourth-order valence-corrected chi connectivity index (χ4v) is 4.68. The van der Waals surface area contributed by atoms with E-state index in [9.17, 15) is 4.79 Å². The molecule has 29 heavy (non-hydrogen) atoms. The zero-order chi connectivity index (χ0) is 21.1. The fraction of sp³-hybridized carbons (Fsp3) is 0.500. The van der Waals surface area contributed by atoms with Crippen LogP contribution < -0.4 is 4.90 Å². The molecule has 0 fully saturated rings. The second-order valence-electron chi connectivity index (χ2n) is 7.40. The standard InChI is InChI=1S/C22H31N5OS/c1-7-25(8-2)10-11-26(21(28)19-14-17(6)24-27(19)9-3)22-23-18-13-15(4)12-16(5)20(18)29-22/h12-14H,7-11H2,1-6H3. The van der Waals surface area contributed by atoms with Gasteiger partial charge in [-0.05, 0) is 64.0 Å².